The molecule has 0 aliphatic heterocycles. The third kappa shape index (κ3) is 13.2. The van der Waals surface area contributed by atoms with Gasteiger partial charge in [-0.3, -0.25) is 0 Å². The van der Waals surface area contributed by atoms with E-state index in [4.69, 9.17) is 5.73 Å². The van der Waals surface area contributed by atoms with E-state index in [2.05, 4.69) is 27.7 Å². The number of nitrogens with two attached hydrogens (primary N) is 1. The molecule has 0 spiro atoms. The van der Waals surface area contributed by atoms with E-state index in [1.165, 1.54) is 18.1 Å². The molecule has 0 rings (SSSR count). The van der Waals surface area contributed by atoms with Gasteiger partial charge in [-0.05, 0) is 13.0 Å². The van der Waals surface area contributed by atoms with Crippen molar-refractivity contribution in [1.82, 2.24) is 0 Å². The maximum atomic E-state index is 5.03. The highest BCUT2D eigenvalue weighted by Gasteiger charge is 1.98. The van der Waals surface area contributed by atoms with Crippen LogP contribution in [0.15, 0.2) is 0 Å². The van der Waals surface area contributed by atoms with Crippen molar-refractivity contribution in [2.45, 2.75) is 52.2 Å². The average Bonchev–Trinajstić information content (AvgIpc) is 2.08. The molecule has 11 heavy (non-hydrogen) atoms. The SMILES string of the molecule is CCCN.CC[SiH](CC)CC. The van der Waals surface area contributed by atoms with Gasteiger partial charge in [-0.15, -0.1) is 0 Å². The van der Waals surface area contributed by atoms with E-state index in [-0.39, 0.29) is 8.80 Å². The van der Waals surface area contributed by atoms with Crippen LogP contribution in [0.4, 0.5) is 0 Å². The zero-order valence-electron chi connectivity index (χ0n) is 8.69. The first-order valence-electron chi connectivity index (χ1n) is 4.96. The van der Waals surface area contributed by atoms with Gasteiger partial charge in [0.25, 0.3) is 0 Å². The van der Waals surface area contributed by atoms with Crippen LogP contribution in [0.1, 0.15) is 34.1 Å². The Morgan fingerprint density at radius 1 is 0.909 bits per heavy atom. The zero-order valence-corrected chi connectivity index (χ0v) is 9.84. The fraction of sp³-hybridized carbons (Fsp3) is 1.00. The Hall–Kier alpha value is 0.177. The van der Waals surface area contributed by atoms with Crippen LogP contribution in [0, 0.1) is 0 Å². The van der Waals surface area contributed by atoms with E-state index in [0.717, 1.165) is 13.0 Å². The molecule has 0 unspecified atom stereocenters. The molecule has 0 radical (unpaired) electrons. The number of hydrogen-bond donors (Lipinski definition) is 1. The van der Waals surface area contributed by atoms with Crippen LogP contribution in [0.5, 0.6) is 0 Å². The molecule has 0 amide bonds. The van der Waals surface area contributed by atoms with Crippen molar-refractivity contribution in [3.8, 4) is 0 Å². The van der Waals surface area contributed by atoms with Gasteiger partial charge in [0.2, 0.25) is 0 Å². The standard InChI is InChI=1S/C6H16Si.C3H9N/c1-4-7(5-2)6-3;1-2-3-4/h7H,4-6H2,1-3H3;2-4H2,1H3. The lowest BCUT2D eigenvalue weighted by Gasteiger charge is -2.03. The second-order valence-corrected chi connectivity index (χ2v) is 7.06. The lowest BCUT2D eigenvalue weighted by molar-refractivity contribution is 0.932. The third-order valence-electron chi connectivity index (χ3n) is 2.02. The molecular formula is C9H25NSi. The largest absolute Gasteiger partial charge is 0.330 e. The first kappa shape index (κ1) is 13.7. The van der Waals surface area contributed by atoms with Gasteiger partial charge in [0.15, 0.2) is 0 Å². The Labute approximate surface area is 74.0 Å². The molecule has 0 fully saturated rings. The molecule has 0 aromatic heterocycles. The predicted molar refractivity (Wildman–Crippen MR) is 57.9 cm³/mol. The normalized spacial score (nSPS) is 9.27. The summed E-state index contributed by atoms with van der Waals surface area (Å²) in [6.07, 6.45) is 1.10. The van der Waals surface area contributed by atoms with Crippen molar-refractivity contribution < 1.29 is 0 Å². The number of hydrogen-bond acceptors (Lipinski definition) is 1. The minimum Gasteiger partial charge on any atom is -0.330 e. The predicted octanol–water partition coefficient (Wildman–Crippen LogP) is 2.63. The van der Waals surface area contributed by atoms with Crippen molar-refractivity contribution in [3.05, 3.63) is 0 Å². The van der Waals surface area contributed by atoms with Crippen LogP contribution in [-0.2, 0) is 0 Å². The minimum atomic E-state index is -0.171. The topological polar surface area (TPSA) is 26.0 Å². The highest BCUT2D eigenvalue weighted by Crippen LogP contribution is 2.01. The van der Waals surface area contributed by atoms with E-state index < -0.39 is 0 Å². The summed E-state index contributed by atoms with van der Waals surface area (Å²) in [5, 5.41) is 0. The van der Waals surface area contributed by atoms with Gasteiger partial charge in [0, 0.05) is 8.80 Å². The van der Waals surface area contributed by atoms with Crippen LogP contribution >= 0.6 is 0 Å². The van der Waals surface area contributed by atoms with Crippen LogP contribution < -0.4 is 5.73 Å². The van der Waals surface area contributed by atoms with E-state index >= 15 is 0 Å². The fourth-order valence-corrected chi connectivity index (χ4v) is 2.60. The summed E-state index contributed by atoms with van der Waals surface area (Å²) < 4.78 is 0. The maximum Gasteiger partial charge on any atom is 0.0359 e. The molecule has 0 saturated heterocycles. The molecule has 1 nitrogen and oxygen atoms in total. The van der Waals surface area contributed by atoms with Crippen LogP contribution in [0.25, 0.3) is 0 Å². The van der Waals surface area contributed by atoms with Gasteiger partial charge in [-0.1, -0.05) is 45.8 Å². The molecular weight excluding hydrogens is 150 g/mol. The Morgan fingerprint density at radius 3 is 1.18 bits per heavy atom. The van der Waals surface area contributed by atoms with Gasteiger partial charge >= 0.3 is 0 Å². The average molecular weight is 175 g/mol. The monoisotopic (exact) mass is 175 g/mol. The summed E-state index contributed by atoms with van der Waals surface area (Å²) in [7, 11) is -0.171. The molecule has 0 aromatic carbocycles. The van der Waals surface area contributed by atoms with Gasteiger partial charge in [0.05, 0.1) is 0 Å². The van der Waals surface area contributed by atoms with Crippen molar-refractivity contribution >= 4 is 8.80 Å². The molecule has 0 heterocycles. The fourth-order valence-electron chi connectivity index (χ4n) is 0.866. The molecule has 70 valence electrons. The Morgan fingerprint density at radius 2 is 1.18 bits per heavy atom. The molecule has 2 heteroatoms. The van der Waals surface area contributed by atoms with Crippen LogP contribution in [0.2, 0.25) is 18.1 Å². The first-order chi connectivity index (χ1) is 5.26. The Kier molecular flexibility index (Phi) is 16.0. The van der Waals surface area contributed by atoms with Gasteiger partial charge < -0.3 is 5.73 Å². The lowest BCUT2D eigenvalue weighted by atomic mass is 10.5. The highest BCUT2D eigenvalue weighted by atomic mass is 28.3. The summed E-state index contributed by atoms with van der Waals surface area (Å²) in [6.45, 7) is 9.84. The van der Waals surface area contributed by atoms with Gasteiger partial charge in [-0.25, -0.2) is 0 Å². The summed E-state index contributed by atoms with van der Waals surface area (Å²) in [5.74, 6) is 0. The molecule has 0 atom stereocenters. The first-order valence-corrected chi connectivity index (χ1v) is 7.41. The van der Waals surface area contributed by atoms with Crippen LogP contribution in [0.3, 0.4) is 0 Å². The second-order valence-electron chi connectivity index (χ2n) is 2.88. The Bertz CT molecular complexity index is 46.0. The second kappa shape index (κ2) is 12.8. The molecule has 0 aliphatic carbocycles. The van der Waals surface area contributed by atoms with Gasteiger partial charge in [0.1, 0.15) is 0 Å². The zero-order chi connectivity index (χ0) is 9.11. The van der Waals surface area contributed by atoms with Gasteiger partial charge in [-0.2, -0.15) is 0 Å². The summed E-state index contributed by atoms with van der Waals surface area (Å²) >= 11 is 0. The summed E-state index contributed by atoms with van der Waals surface area (Å²) in [6, 6.07) is 4.48. The highest BCUT2D eigenvalue weighted by molar-refractivity contribution is 6.58. The van der Waals surface area contributed by atoms with Crippen LogP contribution in [-0.4, -0.2) is 15.3 Å². The van der Waals surface area contributed by atoms with Crippen molar-refractivity contribution in [2.24, 2.45) is 5.73 Å². The molecule has 0 aromatic rings. The molecule has 0 aliphatic rings. The molecule has 0 bridgehead atoms. The summed E-state index contributed by atoms with van der Waals surface area (Å²) in [4.78, 5) is 0. The minimum absolute atomic E-state index is 0.171. The third-order valence-corrected chi connectivity index (χ3v) is 5.48. The lowest BCUT2D eigenvalue weighted by Crippen LogP contribution is -2.04. The number of rotatable bonds is 4. The van der Waals surface area contributed by atoms with E-state index in [9.17, 15) is 0 Å². The quantitative estimate of drug-likeness (QED) is 0.653. The van der Waals surface area contributed by atoms with E-state index in [1.807, 2.05) is 0 Å². The molecule has 0 saturated carbocycles. The maximum absolute atomic E-state index is 5.03. The van der Waals surface area contributed by atoms with Crippen molar-refractivity contribution in [1.29, 1.82) is 0 Å². The molecule has 2 N–H and O–H groups in total. The van der Waals surface area contributed by atoms with E-state index in [0.29, 0.717) is 0 Å². The van der Waals surface area contributed by atoms with E-state index in [1.54, 1.807) is 0 Å². The van der Waals surface area contributed by atoms with Crippen molar-refractivity contribution in [3.63, 3.8) is 0 Å². The smallest absolute Gasteiger partial charge is 0.0359 e. The van der Waals surface area contributed by atoms with Crippen molar-refractivity contribution in [2.75, 3.05) is 6.54 Å². The summed E-state index contributed by atoms with van der Waals surface area (Å²) in [5.41, 5.74) is 5.03. The Balaban J connectivity index is 0.